The van der Waals surface area contributed by atoms with Gasteiger partial charge < -0.3 is 9.73 Å². The summed E-state index contributed by atoms with van der Waals surface area (Å²) in [5.74, 6) is 0. The van der Waals surface area contributed by atoms with Crippen LogP contribution in [-0.2, 0) is 0 Å². The number of benzene rings is 1. The van der Waals surface area contributed by atoms with Crippen LogP contribution in [0.15, 0.2) is 45.2 Å². The summed E-state index contributed by atoms with van der Waals surface area (Å²) < 4.78 is 5.17. The van der Waals surface area contributed by atoms with Gasteiger partial charge in [0.1, 0.15) is 6.26 Å². The highest BCUT2D eigenvalue weighted by atomic mass is 35.5. The van der Waals surface area contributed by atoms with Crippen molar-refractivity contribution >= 4 is 23.4 Å². The Morgan fingerprint density at radius 3 is 2.88 bits per heavy atom. The van der Waals surface area contributed by atoms with Crippen LogP contribution >= 0.6 is 23.4 Å². The Kier molecular flexibility index (Phi) is 4.10. The van der Waals surface area contributed by atoms with E-state index in [2.05, 4.69) is 23.3 Å². The molecule has 1 aromatic carbocycles. The Hall–Kier alpha value is -0.970. The lowest BCUT2D eigenvalue weighted by molar-refractivity contribution is 0.454. The molecule has 0 aliphatic carbocycles. The lowest BCUT2D eigenvalue weighted by Gasteiger charge is -2.11. The van der Waals surface area contributed by atoms with Crippen LogP contribution in [0, 0.1) is 0 Å². The Balaban J connectivity index is 2.20. The maximum absolute atomic E-state index is 6.23. The van der Waals surface area contributed by atoms with Crippen LogP contribution in [0.25, 0.3) is 0 Å². The third kappa shape index (κ3) is 3.03. The fourth-order valence-corrected chi connectivity index (χ4v) is 2.39. The molecular weight excluding hydrogens is 256 g/mol. The quantitative estimate of drug-likeness (QED) is 0.916. The summed E-state index contributed by atoms with van der Waals surface area (Å²) in [5.41, 5.74) is 1.16. The topological polar surface area (TPSA) is 38.1 Å². The van der Waals surface area contributed by atoms with Gasteiger partial charge in [-0.3, -0.25) is 0 Å². The molecule has 2 aromatic rings. The van der Waals surface area contributed by atoms with Gasteiger partial charge in [0.05, 0.1) is 11.2 Å². The van der Waals surface area contributed by atoms with E-state index in [-0.39, 0.29) is 6.04 Å². The highest BCUT2D eigenvalue weighted by Crippen LogP contribution is 2.33. The molecule has 1 aromatic heterocycles. The minimum absolute atomic E-state index is 0.285. The van der Waals surface area contributed by atoms with Crippen LogP contribution in [0.1, 0.15) is 18.5 Å². The highest BCUT2D eigenvalue weighted by molar-refractivity contribution is 7.99. The molecule has 3 nitrogen and oxygen atoms in total. The van der Waals surface area contributed by atoms with E-state index in [4.69, 9.17) is 16.0 Å². The van der Waals surface area contributed by atoms with Gasteiger partial charge in [0, 0.05) is 10.9 Å². The molecule has 5 heteroatoms. The first kappa shape index (κ1) is 12.5. The molecule has 0 bridgehead atoms. The summed E-state index contributed by atoms with van der Waals surface area (Å²) in [4.78, 5) is 5.00. The van der Waals surface area contributed by atoms with Gasteiger partial charge in [-0.1, -0.05) is 17.7 Å². The monoisotopic (exact) mass is 268 g/mol. The van der Waals surface area contributed by atoms with Gasteiger partial charge in [-0.2, -0.15) is 0 Å². The first-order chi connectivity index (χ1) is 8.20. The van der Waals surface area contributed by atoms with Gasteiger partial charge in [0.15, 0.2) is 0 Å². The van der Waals surface area contributed by atoms with Crippen molar-refractivity contribution in [1.29, 1.82) is 0 Å². The molecule has 0 aliphatic heterocycles. The second kappa shape index (κ2) is 5.58. The second-order valence-electron chi connectivity index (χ2n) is 3.60. The number of rotatable bonds is 4. The number of hydrogen-bond donors (Lipinski definition) is 1. The Morgan fingerprint density at radius 2 is 2.29 bits per heavy atom. The molecule has 1 atom stereocenters. The highest BCUT2D eigenvalue weighted by Gasteiger charge is 2.09. The van der Waals surface area contributed by atoms with Crippen molar-refractivity contribution in [2.45, 2.75) is 23.1 Å². The Morgan fingerprint density at radius 1 is 1.47 bits per heavy atom. The second-order valence-corrected chi connectivity index (χ2v) is 5.00. The predicted molar refractivity (Wildman–Crippen MR) is 69.6 cm³/mol. The molecule has 0 fully saturated rings. The number of nitrogens with one attached hydrogen (secondary N) is 1. The molecular formula is C12H13ClN2OS. The summed E-state index contributed by atoms with van der Waals surface area (Å²) in [6.45, 7) is 2.09. The number of oxazole rings is 1. The smallest absolute Gasteiger partial charge is 0.260 e. The van der Waals surface area contributed by atoms with Crippen molar-refractivity contribution in [2.75, 3.05) is 7.05 Å². The van der Waals surface area contributed by atoms with Crippen LogP contribution in [0.4, 0.5) is 0 Å². The van der Waals surface area contributed by atoms with Gasteiger partial charge in [0.25, 0.3) is 5.22 Å². The van der Waals surface area contributed by atoms with Crippen molar-refractivity contribution in [3.05, 3.63) is 41.2 Å². The van der Waals surface area contributed by atoms with Crippen molar-refractivity contribution in [3.63, 3.8) is 0 Å². The van der Waals surface area contributed by atoms with Crippen LogP contribution in [-0.4, -0.2) is 12.0 Å². The standard InChI is InChI=1S/C12H13ClN2OS/c1-8(14-2)9-3-4-11(10(13)7-9)17-12-15-5-6-16-12/h3-8,14H,1-2H3. The number of halogens is 1. The summed E-state index contributed by atoms with van der Waals surface area (Å²) in [6.07, 6.45) is 3.17. The van der Waals surface area contributed by atoms with Crippen molar-refractivity contribution in [3.8, 4) is 0 Å². The summed E-state index contributed by atoms with van der Waals surface area (Å²) in [7, 11) is 1.92. The average Bonchev–Trinajstić information content (AvgIpc) is 2.83. The SMILES string of the molecule is CNC(C)c1ccc(Sc2ncco2)c(Cl)c1. The maximum Gasteiger partial charge on any atom is 0.260 e. The molecule has 0 amide bonds. The van der Waals surface area contributed by atoms with Crippen LogP contribution in [0.2, 0.25) is 5.02 Å². The van der Waals surface area contributed by atoms with E-state index in [0.29, 0.717) is 10.2 Å². The zero-order valence-electron chi connectivity index (χ0n) is 9.61. The normalized spacial score (nSPS) is 12.6. The molecule has 0 radical (unpaired) electrons. The fourth-order valence-electron chi connectivity index (χ4n) is 1.39. The molecule has 17 heavy (non-hydrogen) atoms. The Bertz CT molecular complexity index is 487. The number of aromatic nitrogens is 1. The Labute approximate surface area is 110 Å². The molecule has 2 rings (SSSR count). The van der Waals surface area contributed by atoms with Crippen molar-refractivity contribution < 1.29 is 4.42 Å². The van der Waals surface area contributed by atoms with Gasteiger partial charge in [-0.25, -0.2) is 4.98 Å². The summed E-state index contributed by atoms with van der Waals surface area (Å²) in [6, 6.07) is 6.29. The zero-order chi connectivity index (χ0) is 12.3. The third-order valence-electron chi connectivity index (χ3n) is 2.50. The number of nitrogens with zero attached hydrogens (tertiary/aromatic N) is 1. The van der Waals surface area contributed by atoms with E-state index in [9.17, 15) is 0 Å². The predicted octanol–water partition coefficient (Wildman–Crippen LogP) is 3.76. The van der Waals surface area contributed by atoms with Gasteiger partial charge in [-0.15, -0.1) is 0 Å². The zero-order valence-corrected chi connectivity index (χ0v) is 11.2. The first-order valence-electron chi connectivity index (χ1n) is 5.24. The lowest BCUT2D eigenvalue weighted by atomic mass is 10.1. The molecule has 1 heterocycles. The van der Waals surface area contributed by atoms with Gasteiger partial charge in [0.2, 0.25) is 0 Å². The van der Waals surface area contributed by atoms with Gasteiger partial charge in [-0.05, 0) is 43.4 Å². The molecule has 0 spiro atoms. The van der Waals surface area contributed by atoms with Crippen LogP contribution in [0.5, 0.6) is 0 Å². The van der Waals surface area contributed by atoms with Gasteiger partial charge >= 0.3 is 0 Å². The maximum atomic E-state index is 6.23. The van der Waals surface area contributed by atoms with E-state index >= 15 is 0 Å². The van der Waals surface area contributed by atoms with E-state index in [1.165, 1.54) is 11.8 Å². The average molecular weight is 269 g/mol. The summed E-state index contributed by atoms with van der Waals surface area (Å²) >= 11 is 7.65. The molecule has 0 aliphatic rings. The lowest BCUT2D eigenvalue weighted by Crippen LogP contribution is -2.12. The van der Waals surface area contributed by atoms with E-state index in [1.807, 2.05) is 19.2 Å². The molecule has 1 unspecified atom stereocenters. The van der Waals surface area contributed by atoms with E-state index < -0.39 is 0 Å². The van der Waals surface area contributed by atoms with Crippen LogP contribution < -0.4 is 5.32 Å². The van der Waals surface area contributed by atoms with E-state index in [0.717, 1.165) is 10.5 Å². The molecule has 0 saturated heterocycles. The van der Waals surface area contributed by atoms with Crippen molar-refractivity contribution in [1.82, 2.24) is 10.3 Å². The molecule has 0 saturated carbocycles. The minimum atomic E-state index is 0.285. The fraction of sp³-hybridized carbons (Fsp3) is 0.250. The van der Waals surface area contributed by atoms with Crippen LogP contribution in [0.3, 0.4) is 0 Å². The first-order valence-corrected chi connectivity index (χ1v) is 6.44. The summed E-state index contributed by atoms with van der Waals surface area (Å²) in [5, 5.41) is 4.49. The third-order valence-corrected chi connectivity index (χ3v) is 3.87. The molecule has 90 valence electrons. The van der Waals surface area contributed by atoms with E-state index in [1.54, 1.807) is 12.5 Å². The molecule has 1 N–H and O–H groups in total. The minimum Gasteiger partial charge on any atom is -0.440 e. The number of hydrogen-bond acceptors (Lipinski definition) is 4. The largest absolute Gasteiger partial charge is 0.440 e. The van der Waals surface area contributed by atoms with Crippen molar-refractivity contribution in [2.24, 2.45) is 0 Å².